The van der Waals surface area contributed by atoms with Crippen molar-refractivity contribution >= 4 is 16.7 Å². The van der Waals surface area contributed by atoms with Crippen molar-refractivity contribution < 1.29 is 17.7 Å². The molecule has 0 aliphatic rings. The van der Waals surface area contributed by atoms with Crippen LogP contribution in [0.4, 0.5) is 13.2 Å². The summed E-state index contributed by atoms with van der Waals surface area (Å²) >= 11 is -1.84. The highest BCUT2D eigenvalue weighted by Crippen LogP contribution is 2.35. The van der Waals surface area contributed by atoms with Gasteiger partial charge in [-0.2, -0.15) is 13.2 Å². The zero-order chi connectivity index (χ0) is 14.6. The maximum Gasteiger partial charge on any atom is 0.421 e. The van der Waals surface area contributed by atoms with E-state index in [-0.39, 0.29) is 5.56 Å². The number of hydrogen-bond acceptors (Lipinski definition) is 1. The number of benzene rings is 2. The summed E-state index contributed by atoms with van der Waals surface area (Å²) in [6.07, 6.45) is -4.55. The van der Waals surface area contributed by atoms with Gasteiger partial charge in [0.25, 0.3) is 0 Å². The third-order valence-electron chi connectivity index (χ3n) is 2.59. The van der Waals surface area contributed by atoms with Crippen LogP contribution in [0.3, 0.4) is 0 Å². The minimum Gasteiger partial charge on any atom is -0.607 e. The summed E-state index contributed by atoms with van der Waals surface area (Å²) in [5.41, 5.74) is -0.885. The minimum atomic E-state index is -4.55. The summed E-state index contributed by atoms with van der Waals surface area (Å²) in [7, 11) is 0. The molecule has 1 nitrogen and oxygen atoms in total. The van der Waals surface area contributed by atoms with Gasteiger partial charge < -0.3 is 4.55 Å². The van der Waals surface area contributed by atoms with Crippen LogP contribution in [0.1, 0.15) is 5.56 Å². The van der Waals surface area contributed by atoms with E-state index in [2.05, 4.69) is 0 Å². The second kappa shape index (κ2) is 6.15. The molecular weight excluding hydrogens is 285 g/mol. The van der Waals surface area contributed by atoms with Crippen molar-refractivity contribution in [1.29, 1.82) is 0 Å². The molecule has 0 saturated carbocycles. The molecule has 2 aromatic carbocycles. The molecule has 5 heteroatoms. The van der Waals surface area contributed by atoms with Crippen molar-refractivity contribution in [1.82, 2.24) is 0 Å². The molecule has 0 fully saturated rings. The van der Waals surface area contributed by atoms with Gasteiger partial charge in [-0.3, -0.25) is 0 Å². The first kappa shape index (κ1) is 14.7. The normalized spacial score (nSPS) is 14.1. The van der Waals surface area contributed by atoms with Crippen LogP contribution in [-0.2, 0) is 11.2 Å². The van der Waals surface area contributed by atoms with Gasteiger partial charge in [0, 0.05) is 11.2 Å². The molecule has 1 unspecified atom stereocenters. The third kappa shape index (κ3) is 3.65. The summed E-state index contributed by atoms with van der Waals surface area (Å²) in [4.78, 5) is 0.338. The van der Waals surface area contributed by atoms with E-state index in [1.165, 1.54) is 36.4 Å². The zero-order valence-electron chi connectivity index (χ0n) is 10.3. The maximum absolute atomic E-state index is 13.1. The van der Waals surface area contributed by atoms with E-state index < -0.39 is 22.9 Å². The Labute approximate surface area is 117 Å². The molecular formula is C15H11F3OS. The van der Waals surface area contributed by atoms with Gasteiger partial charge >= 0.3 is 6.18 Å². The Morgan fingerprint density at radius 3 is 1.90 bits per heavy atom. The van der Waals surface area contributed by atoms with Crippen LogP contribution in [0.15, 0.2) is 71.0 Å². The standard InChI is InChI=1S/C15H11F3OS/c16-15(17,18)14(12-7-3-1-4-8-12)11-20(19)13-9-5-2-6-10-13/h1-11H. The molecule has 0 aliphatic heterocycles. The number of rotatable bonds is 3. The average molecular weight is 296 g/mol. The molecule has 0 aromatic heterocycles. The van der Waals surface area contributed by atoms with Gasteiger partial charge in [-0.15, -0.1) is 0 Å². The van der Waals surface area contributed by atoms with Crippen molar-refractivity contribution in [3.8, 4) is 0 Å². The Balaban J connectivity index is 2.40. The van der Waals surface area contributed by atoms with Crippen molar-refractivity contribution in [2.24, 2.45) is 0 Å². The molecule has 0 N–H and O–H groups in total. The molecule has 0 saturated heterocycles. The Morgan fingerprint density at radius 1 is 0.900 bits per heavy atom. The van der Waals surface area contributed by atoms with E-state index in [9.17, 15) is 17.7 Å². The highest BCUT2D eigenvalue weighted by atomic mass is 32.2. The quantitative estimate of drug-likeness (QED) is 0.770. The molecule has 104 valence electrons. The number of hydrogen-bond donors (Lipinski definition) is 0. The lowest BCUT2D eigenvalue weighted by atomic mass is 10.1. The molecule has 0 amide bonds. The molecule has 1 atom stereocenters. The summed E-state index contributed by atoms with van der Waals surface area (Å²) in [6.45, 7) is 0. The number of alkyl halides is 3. The van der Waals surface area contributed by atoms with Crippen molar-refractivity contribution in [2.75, 3.05) is 0 Å². The van der Waals surface area contributed by atoms with Crippen LogP contribution < -0.4 is 0 Å². The Hall–Kier alpha value is -1.72. The molecule has 0 aliphatic carbocycles. The van der Waals surface area contributed by atoms with Crippen LogP contribution in [-0.4, -0.2) is 10.7 Å². The van der Waals surface area contributed by atoms with E-state index in [4.69, 9.17) is 0 Å². The molecule has 2 rings (SSSR count). The lowest BCUT2D eigenvalue weighted by molar-refractivity contribution is -0.0688. The first-order valence-corrected chi connectivity index (χ1v) is 7.00. The zero-order valence-corrected chi connectivity index (χ0v) is 11.1. The lowest BCUT2D eigenvalue weighted by Crippen LogP contribution is -2.13. The molecule has 2 aromatic rings. The lowest BCUT2D eigenvalue weighted by Gasteiger charge is -2.13. The summed E-state index contributed by atoms with van der Waals surface area (Å²) in [5, 5.41) is 0.755. The number of halogens is 3. The molecule has 0 radical (unpaired) electrons. The van der Waals surface area contributed by atoms with Crippen LogP contribution in [0, 0.1) is 0 Å². The van der Waals surface area contributed by atoms with E-state index in [0.29, 0.717) is 4.90 Å². The van der Waals surface area contributed by atoms with Crippen LogP contribution in [0.25, 0.3) is 5.57 Å². The Morgan fingerprint density at radius 2 is 1.40 bits per heavy atom. The third-order valence-corrected chi connectivity index (χ3v) is 3.78. The molecule has 20 heavy (non-hydrogen) atoms. The largest absolute Gasteiger partial charge is 0.607 e. The number of allylic oxidation sites excluding steroid dienone is 1. The first-order valence-electron chi connectivity index (χ1n) is 5.78. The fourth-order valence-electron chi connectivity index (χ4n) is 1.65. The van der Waals surface area contributed by atoms with E-state index in [1.807, 2.05) is 0 Å². The minimum absolute atomic E-state index is 0.00396. The first-order chi connectivity index (χ1) is 9.48. The smallest absolute Gasteiger partial charge is 0.421 e. The van der Waals surface area contributed by atoms with Crippen molar-refractivity contribution in [3.63, 3.8) is 0 Å². The van der Waals surface area contributed by atoms with E-state index in [1.54, 1.807) is 24.3 Å². The molecule has 0 bridgehead atoms. The topological polar surface area (TPSA) is 23.1 Å². The van der Waals surface area contributed by atoms with Crippen LogP contribution in [0.5, 0.6) is 0 Å². The highest BCUT2D eigenvalue weighted by molar-refractivity contribution is 7.94. The predicted octanol–water partition coefficient (Wildman–Crippen LogP) is 4.40. The van der Waals surface area contributed by atoms with E-state index >= 15 is 0 Å². The van der Waals surface area contributed by atoms with E-state index in [0.717, 1.165) is 5.41 Å². The second-order valence-corrected chi connectivity index (χ2v) is 5.31. The Kier molecular flexibility index (Phi) is 4.52. The fourth-order valence-corrected chi connectivity index (χ4v) is 2.69. The van der Waals surface area contributed by atoms with Crippen molar-refractivity contribution in [3.05, 3.63) is 71.6 Å². The van der Waals surface area contributed by atoms with Crippen LogP contribution in [0.2, 0.25) is 0 Å². The fraction of sp³-hybridized carbons (Fsp3) is 0.0667. The van der Waals surface area contributed by atoms with Gasteiger partial charge in [0.15, 0.2) is 4.90 Å². The van der Waals surface area contributed by atoms with Gasteiger partial charge in [-0.1, -0.05) is 48.5 Å². The second-order valence-electron chi connectivity index (χ2n) is 4.01. The van der Waals surface area contributed by atoms with Gasteiger partial charge in [-0.25, -0.2) is 0 Å². The summed E-state index contributed by atoms with van der Waals surface area (Å²) in [6, 6.07) is 15.4. The average Bonchev–Trinajstić information content (AvgIpc) is 2.45. The highest BCUT2D eigenvalue weighted by Gasteiger charge is 2.37. The summed E-state index contributed by atoms with van der Waals surface area (Å²) in [5.74, 6) is 0. The van der Waals surface area contributed by atoms with Gasteiger partial charge in [0.2, 0.25) is 0 Å². The van der Waals surface area contributed by atoms with Gasteiger partial charge in [0.05, 0.1) is 0 Å². The predicted molar refractivity (Wildman–Crippen MR) is 73.3 cm³/mol. The summed E-state index contributed by atoms with van der Waals surface area (Å²) < 4.78 is 51.2. The maximum atomic E-state index is 13.1. The Bertz CT molecular complexity index is 579. The molecule has 0 spiro atoms. The van der Waals surface area contributed by atoms with Crippen LogP contribution >= 0.6 is 0 Å². The molecule has 0 heterocycles. The van der Waals surface area contributed by atoms with Crippen molar-refractivity contribution in [2.45, 2.75) is 11.1 Å². The van der Waals surface area contributed by atoms with Gasteiger partial charge in [-0.05, 0) is 17.7 Å². The SMILES string of the molecule is [O-][S+](C=C(c1ccccc1)C(F)(F)F)c1ccccc1. The monoisotopic (exact) mass is 296 g/mol. The van der Waals surface area contributed by atoms with Gasteiger partial charge in [0.1, 0.15) is 11.0 Å².